The first-order chi connectivity index (χ1) is 9.00. The Balaban J connectivity index is 2.78. The molecule has 0 radical (unpaired) electrons. The number of aromatic carboxylic acids is 1. The van der Waals surface area contributed by atoms with Crippen molar-refractivity contribution < 1.29 is 19.8 Å². The normalized spacial score (nSPS) is 11.5. The van der Waals surface area contributed by atoms with Gasteiger partial charge in [0.1, 0.15) is 0 Å². The lowest BCUT2D eigenvalue weighted by Gasteiger charge is -2.06. The molecule has 0 heterocycles. The zero-order valence-electron chi connectivity index (χ0n) is 10.3. The van der Waals surface area contributed by atoms with Gasteiger partial charge in [0, 0.05) is 11.0 Å². The molecule has 0 fully saturated rings. The van der Waals surface area contributed by atoms with Crippen LogP contribution in [0.5, 0.6) is 0 Å². The molecule has 96 valence electrons. The molecule has 19 heavy (non-hydrogen) atoms. The highest BCUT2D eigenvalue weighted by Gasteiger charge is 2.11. The number of rotatable bonds is 3. The minimum Gasteiger partial charge on any atom is -0.478 e. The zero-order valence-corrected chi connectivity index (χ0v) is 10.3. The van der Waals surface area contributed by atoms with Crippen LogP contribution in [0.25, 0.3) is 16.8 Å². The van der Waals surface area contributed by atoms with Gasteiger partial charge in [0.15, 0.2) is 0 Å². The van der Waals surface area contributed by atoms with Gasteiger partial charge in [-0.2, -0.15) is 0 Å². The van der Waals surface area contributed by atoms with Crippen molar-refractivity contribution in [3.63, 3.8) is 0 Å². The Labute approximate surface area is 109 Å². The molecular formula is C15H12O4. The number of benzene rings is 2. The highest BCUT2D eigenvalue weighted by atomic mass is 16.4. The molecule has 0 aromatic heterocycles. The van der Waals surface area contributed by atoms with E-state index in [1.165, 1.54) is 19.1 Å². The second-order valence-corrected chi connectivity index (χ2v) is 4.19. The van der Waals surface area contributed by atoms with Crippen LogP contribution in [0.3, 0.4) is 0 Å². The predicted octanol–water partition coefficient (Wildman–Crippen LogP) is 3.03. The number of carboxylic acid groups (broad SMARTS) is 2. The number of carbonyl (C=O) groups is 2. The lowest BCUT2D eigenvalue weighted by molar-refractivity contribution is -0.132. The van der Waals surface area contributed by atoms with E-state index in [0.717, 1.165) is 5.39 Å². The van der Waals surface area contributed by atoms with Crippen molar-refractivity contribution in [2.75, 3.05) is 0 Å². The molecule has 0 spiro atoms. The van der Waals surface area contributed by atoms with Crippen LogP contribution in [0.4, 0.5) is 0 Å². The summed E-state index contributed by atoms with van der Waals surface area (Å²) in [6.45, 7) is 1.48. The summed E-state index contributed by atoms with van der Waals surface area (Å²) in [5.74, 6) is -2.05. The van der Waals surface area contributed by atoms with Gasteiger partial charge >= 0.3 is 11.9 Å². The molecule has 0 bridgehead atoms. The maximum absolute atomic E-state index is 11.2. The third-order valence-electron chi connectivity index (χ3n) is 2.88. The number of aliphatic carboxylic acids is 1. The van der Waals surface area contributed by atoms with E-state index >= 15 is 0 Å². The summed E-state index contributed by atoms with van der Waals surface area (Å²) in [6, 6.07) is 10.3. The van der Waals surface area contributed by atoms with Crippen LogP contribution in [-0.4, -0.2) is 22.2 Å². The van der Waals surface area contributed by atoms with Gasteiger partial charge in [0.05, 0.1) is 5.56 Å². The van der Waals surface area contributed by atoms with Gasteiger partial charge in [-0.15, -0.1) is 0 Å². The molecule has 0 unspecified atom stereocenters. The first-order valence-electron chi connectivity index (χ1n) is 5.67. The zero-order chi connectivity index (χ0) is 14.0. The molecule has 4 nitrogen and oxygen atoms in total. The summed E-state index contributed by atoms with van der Waals surface area (Å²) >= 11 is 0. The first-order valence-corrected chi connectivity index (χ1v) is 5.67. The molecule has 0 saturated heterocycles. The number of hydrogen-bond donors (Lipinski definition) is 2. The Hall–Kier alpha value is -2.62. The van der Waals surface area contributed by atoms with Gasteiger partial charge in [-0.3, -0.25) is 0 Å². The van der Waals surface area contributed by atoms with Crippen LogP contribution < -0.4 is 0 Å². The summed E-state index contributed by atoms with van der Waals surface area (Å²) in [4.78, 5) is 22.1. The van der Waals surface area contributed by atoms with E-state index in [-0.39, 0.29) is 11.1 Å². The average Bonchev–Trinajstić information content (AvgIpc) is 2.38. The Morgan fingerprint density at radius 1 is 1.05 bits per heavy atom. The van der Waals surface area contributed by atoms with Gasteiger partial charge in [-0.05, 0) is 30.0 Å². The van der Waals surface area contributed by atoms with Crippen molar-refractivity contribution in [3.8, 4) is 0 Å². The van der Waals surface area contributed by atoms with Crippen molar-refractivity contribution in [1.29, 1.82) is 0 Å². The Morgan fingerprint density at radius 2 is 1.68 bits per heavy atom. The Kier molecular flexibility index (Phi) is 3.33. The van der Waals surface area contributed by atoms with E-state index in [1.54, 1.807) is 30.3 Å². The maximum Gasteiger partial charge on any atom is 0.336 e. The molecule has 0 atom stereocenters. The summed E-state index contributed by atoms with van der Waals surface area (Å²) in [5.41, 5.74) is 0.922. The topological polar surface area (TPSA) is 74.6 Å². The largest absolute Gasteiger partial charge is 0.478 e. The van der Waals surface area contributed by atoms with Crippen molar-refractivity contribution in [2.45, 2.75) is 6.92 Å². The van der Waals surface area contributed by atoms with E-state index in [0.29, 0.717) is 10.9 Å². The second-order valence-electron chi connectivity index (χ2n) is 4.19. The lowest BCUT2D eigenvalue weighted by atomic mass is 9.98. The summed E-state index contributed by atoms with van der Waals surface area (Å²) in [7, 11) is 0. The third kappa shape index (κ3) is 2.47. The summed E-state index contributed by atoms with van der Waals surface area (Å²) in [6.07, 6.45) is 1.48. The summed E-state index contributed by atoms with van der Waals surface area (Å²) in [5, 5.41) is 19.4. The van der Waals surface area contributed by atoms with Crippen LogP contribution in [-0.2, 0) is 4.79 Å². The molecule has 0 aliphatic rings. The molecule has 2 aromatic rings. The van der Waals surface area contributed by atoms with Gasteiger partial charge in [-0.1, -0.05) is 30.3 Å². The quantitative estimate of drug-likeness (QED) is 0.828. The van der Waals surface area contributed by atoms with Crippen LogP contribution in [0, 0.1) is 0 Å². The van der Waals surface area contributed by atoms with Crippen molar-refractivity contribution in [1.82, 2.24) is 0 Å². The molecule has 0 amide bonds. The minimum absolute atomic E-state index is 0.160. The van der Waals surface area contributed by atoms with Gasteiger partial charge in [-0.25, -0.2) is 9.59 Å². The molecule has 2 N–H and O–H groups in total. The fraction of sp³-hybridized carbons (Fsp3) is 0.0667. The van der Waals surface area contributed by atoms with Gasteiger partial charge in [0.2, 0.25) is 0 Å². The summed E-state index contributed by atoms with van der Waals surface area (Å²) < 4.78 is 0. The van der Waals surface area contributed by atoms with Crippen molar-refractivity contribution in [2.24, 2.45) is 0 Å². The highest BCUT2D eigenvalue weighted by Crippen LogP contribution is 2.25. The SMILES string of the molecule is C/C(=C\c1cccc2cccc(C(=O)O)c12)C(=O)O. The highest BCUT2D eigenvalue weighted by molar-refractivity contribution is 6.08. The van der Waals surface area contributed by atoms with Gasteiger partial charge < -0.3 is 10.2 Å². The maximum atomic E-state index is 11.2. The predicted molar refractivity (Wildman–Crippen MR) is 72.2 cm³/mol. The van der Waals surface area contributed by atoms with Crippen LogP contribution in [0.1, 0.15) is 22.8 Å². The van der Waals surface area contributed by atoms with Crippen LogP contribution >= 0.6 is 0 Å². The Morgan fingerprint density at radius 3 is 2.26 bits per heavy atom. The smallest absolute Gasteiger partial charge is 0.336 e. The average molecular weight is 256 g/mol. The standard InChI is InChI=1S/C15H12O4/c1-9(14(16)17)8-11-6-2-4-10-5-3-7-12(13(10)11)15(18)19/h2-8H,1H3,(H,16,17)(H,18,19)/b9-8+. The molecule has 4 heteroatoms. The second kappa shape index (κ2) is 4.94. The van der Waals surface area contributed by atoms with Crippen molar-refractivity contribution >= 4 is 28.8 Å². The monoisotopic (exact) mass is 256 g/mol. The Bertz CT molecular complexity index is 693. The van der Waals surface area contributed by atoms with Gasteiger partial charge in [0.25, 0.3) is 0 Å². The van der Waals surface area contributed by atoms with Crippen molar-refractivity contribution in [3.05, 3.63) is 53.1 Å². The molecule has 0 aliphatic carbocycles. The molecule has 2 aromatic carbocycles. The number of fused-ring (bicyclic) bond motifs is 1. The molecule has 0 saturated carbocycles. The van der Waals surface area contributed by atoms with E-state index in [2.05, 4.69) is 0 Å². The fourth-order valence-electron chi connectivity index (χ4n) is 1.96. The van der Waals surface area contributed by atoms with E-state index in [1.807, 2.05) is 0 Å². The number of hydrogen-bond acceptors (Lipinski definition) is 2. The third-order valence-corrected chi connectivity index (χ3v) is 2.88. The van der Waals surface area contributed by atoms with E-state index < -0.39 is 11.9 Å². The van der Waals surface area contributed by atoms with E-state index in [4.69, 9.17) is 5.11 Å². The molecular weight excluding hydrogens is 244 g/mol. The van der Waals surface area contributed by atoms with Crippen LogP contribution in [0.15, 0.2) is 42.0 Å². The van der Waals surface area contributed by atoms with Crippen LogP contribution in [0.2, 0.25) is 0 Å². The fourth-order valence-corrected chi connectivity index (χ4v) is 1.96. The first kappa shape index (κ1) is 12.8. The lowest BCUT2D eigenvalue weighted by Crippen LogP contribution is -1.99. The molecule has 2 rings (SSSR count). The molecule has 0 aliphatic heterocycles. The minimum atomic E-state index is -1.03. The number of carboxylic acids is 2. The van der Waals surface area contributed by atoms with E-state index in [9.17, 15) is 14.7 Å².